The molecule has 1 fully saturated rings. The first kappa shape index (κ1) is 12.5. The van der Waals surface area contributed by atoms with Crippen molar-refractivity contribution >= 4 is 22.7 Å². The monoisotopic (exact) mass is 275 g/mol. The summed E-state index contributed by atoms with van der Waals surface area (Å²) in [6.07, 6.45) is 0.538. The van der Waals surface area contributed by atoms with Gasteiger partial charge in [-0.3, -0.25) is 24.8 Å². The van der Waals surface area contributed by atoms with Gasteiger partial charge in [-0.15, -0.1) is 0 Å². The SMILES string of the molecule is COc1ccc2[nH]n(C3CCC(=O)NC3=O)c(=O)c2c1. The molecule has 0 radical (unpaired) electrons. The number of hydrogen-bond donors (Lipinski definition) is 2. The number of carbonyl (C=O) groups excluding carboxylic acids is 2. The minimum absolute atomic E-state index is 0.224. The second-order valence-corrected chi connectivity index (χ2v) is 4.67. The molecule has 104 valence electrons. The van der Waals surface area contributed by atoms with Gasteiger partial charge in [0.1, 0.15) is 11.8 Å². The Morgan fingerprint density at radius 3 is 2.80 bits per heavy atom. The summed E-state index contributed by atoms with van der Waals surface area (Å²) in [5, 5.41) is 5.60. The number of amides is 2. The Bertz CT molecular complexity index is 759. The van der Waals surface area contributed by atoms with Crippen LogP contribution in [0.2, 0.25) is 0 Å². The molecule has 0 bridgehead atoms. The number of H-pyrrole nitrogens is 1. The number of nitrogens with one attached hydrogen (secondary N) is 2. The van der Waals surface area contributed by atoms with Gasteiger partial charge in [0.25, 0.3) is 11.5 Å². The van der Waals surface area contributed by atoms with E-state index in [0.29, 0.717) is 23.1 Å². The Morgan fingerprint density at radius 1 is 1.30 bits per heavy atom. The summed E-state index contributed by atoms with van der Waals surface area (Å²) in [6.45, 7) is 0. The molecule has 1 aliphatic rings. The normalized spacial score (nSPS) is 19.1. The predicted molar refractivity (Wildman–Crippen MR) is 70.5 cm³/mol. The van der Waals surface area contributed by atoms with Crippen LogP contribution in [0.3, 0.4) is 0 Å². The molecule has 1 aromatic carbocycles. The van der Waals surface area contributed by atoms with Crippen molar-refractivity contribution < 1.29 is 14.3 Å². The minimum atomic E-state index is -0.682. The van der Waals surface area contributed by atoms with Crippen molar-refractivity contribution in [2.24, 2.45) is 0 Å². The molecule has 2 heterocycles. The molecule has 1 aromatic heterocycles. The molecule has 20 heavy (non-hydrogen) atoms. The number of carbonyl (C=O) groups is 2. The van der Waals surface area contributed by atoms with Crippen molar-refractivity contribution in [3.8, 4) is 5.75 Å². The fraction of sp³-hybridized carbons (Fsp3) is 0.308. The van der Waals surface area contributed by atoms with Crippen molar-refractivity contribution in [3.63, 3.8) is 0 Å². The first-order chi connectivity index (χ1) is 9.60. The second-order valence-electron chi connectivity index (χ2n) is 4.67. The fourth-order valence-corrected chi connectivity index (χ4v) is 2.38. The molecule has 0 saturated carbocycles. The molecule has 2 N–H and O–H groups in total. The van der Waals surface area contributed by atoms with Crippen molar-refractivity contribution in [2.75, 3.05) is 7.11 Å². The summed E-state index contributed by atoms with van der Waals surface area (Å²) >= 11 is 0. The van der Waals surface area contributed by atoms with Gasteiger partial charge in [0.15, 0.2) is 0 Å². The highest BCUT2D eigenvalue weighted by molar-refractivity contribution is 5.99. The van der Waals surface area contributed by atoms with Gasteiger partial charge in [-0.1, -0.05) is 0 Å². The first-order valence-corrected chi connectivity index (χ1v) is 6.22. The van der Waals surface area contributed by atoms with Crippen LogP contribution in [0.15, 0.2) is 23.0 Å². The van der Waals surface area contributed by atoms with Gasteiger partial charge in [0.05, 0.1) is 18.0 Å². The molecule has 1 saturated heterocycles. The summed E-state index contributed by atoms with van der Waals surface area (Å²) in [5.41, 5.74) is 0.328. The summed E-state index contributed by atoms with van der Waals surface area (Å²) in [4.78, 5) is 35.3. The highest BCUT2D eigenvalue weighted by Crippen LogP contribution is 2.20. The third kappa shape index (κ3) is 1.87. The van der Waals surface area contributed by atoms with E-state index < -0.39 is 11.9 Å². The van der Waals surface area contributed by atoms with Gasteiger partial charge in [0.2, 0.25) is 5.91 Å². The standard InChI is InChI=1S/C13H13N3O4/c1-20-7-2-3-9-8(6-7)13(19)16(15-9)10-4-5-11(17)14-12(10)18/h2-3,6,10,15H,4-5H2,1H3,(H,14,17,18). The summed E-state index contributed by atoms with van der Waals surface area (Å²) < 4.78 is 6.35. The van der Waals surface area contributed by atoms with E-state index in [0.717, 1.165) is 0 Å². The smallest absolute Gasteiger partial charge is 0.275 e. The second kappa shape index (κ2) is 4.52. The lowest BCUT2D eigenvalue weighted by molar-refractivity contribution is -0.136. The number of piperidine rings is 1. The largest absolute Gasteiger partial charge is 0.497 e. The van der Waals surface area contributed by atoms with Gasteiger partial charge < -0.3 is 4.74 Å². The number of aromatic nitrogens is 2. The number of nitrogens with zero attached hydrogens (tertiary/aromatic N) is 1. The van der Waals surface area contributed by atoms with Crippen LogP contribution in [0.5, 0.6) is 5.75 Å². The number of benzene rings is 1. The van der Waals surface area contributed by atoms with E-state index in [4.69, 9.17) is 4.74 Å². The maximum Gasteiger partial charge on any atom is 0.275 e. The molecule has 7 nitrogen and oxygen atoms in total. The molecule has 2 amide bonds. The Labute approximate surface area is 113 Å². The Hall–Kier alpha value is -2.57. The average molecular weight is 275 g/mol. The van der Waals surface area contributed by atoms with Gasteiger partial charge >= 0.3 is 0 Å². The molecule has 3 rings (SSSR count). The van der Waals surface area contributed by atoms with Crippen LogP contribution in [-0.2, 0) is 9.59 Å². The lowest BCUT2D eigenvalue weighted by atomic mass is 10.1. The zero-order chi connectivity index (χ0) is 14.3. The van der Waals surface area contributed by atoms with Gasteiger partial charge in [0, 0.05) is 6.42 Å². The van der Waals surface area contributed by atoms with Crippen LogP contribution in [0.1, 0.15) is 18.9 Å². The minimum Gasteiger partial charge on any atom is -0.497 e. The summed E-state index contributed by atoms with van der Waals surface area (Å²) in [6, 6.07) is 4.39. The lowest BCUT2D eigenvalue weighted by Gasteiger charge is -2.20. The fourth-order valence-electron chi connectivity index (χ4n) is 2.38. The van der Waals surface area contributed by atoms with Crippen molar-refractivity contribution in [2.45, 2.75) is 18.9 Å². The van der Waals surface area contributed by atoms with Gasteiger partial charge in [-0.25, -0.2) is 4.68 Å². The number of aromatic amines is 1. The maximum absolute atomic E-state index is 12.3. The quantitative estimate of drug-likeness (QED) is 0.772. The summed E-state index contributed by atoms with van der Waals surface area (Å²) in [7, 11) is 1.52. The van der Waals surface area contributed by atoms with E-state index in [1.54, 1.807) is 18.2 Å². The molecule has 0 aliphatic carbocycles. The topological polar surface area (TPSA) is 93.2 Å². The molecule has 1 aliphatic heterocycles. The lowest BCUT2D eigenvalue weighted by Crippen LogP contribution is -2.44. The van der Waals surface area contributed by atoms with Gasteiger partial charge in [-0.05, 0) is 24.6 Å². The number of rotatable bonds is 2. The van der Waals surface area contributed by atoms with Gasteiger partial charge in [-0.2, -0.15) is 0 Å². The van der Waals surface area contributed by atoms with Crippen molar-refractivity contribution in [3.05, 3.63) is 28.6 Å². The number of ether oxygens (including phenoxy) is 1. The number of hydrogen-bond acceptors (Lipinski definition) is 4. The van der Waals surface area contributed by atoms with E-state index in [2.05, 4.69) is 10.4 Å². The zero-order valence-electron chi connectivity index (χ0n) is 10.8. The highest BCUT2D eigenvalue weighted by atomic mass is 16.5. The number of fused-ring (bicyclic) bond motifs is 1. The Morgan fingerprint density at radius 2 is 2.10 bits per heavy atom. The van der Waals surface area contributed by atoms with Crippen LogP contribution in [0, 0.1) is 0 Å². The van der Waals surface area contributed by atoms with E-state index in [1.165, 1.54) is 11.8 Å². The molecule has 7 heteroatoms. The van der Waals surface area contributed by atoms with Crippen LogP contribution < -0.4 is 15.6 Å². The van der Waals surface area contributed by atoms with E-state index >= 15 is 0 Å². The average Bonchev–Trinajstić information content (AvgIpc) is 2.76. The van der Waals surface area contributed by atoms with Crippen LogP contribution in [-0.4, -0.2) is 28.7 Å². The van der Waals surface area contributed by atoms with Crippen molar-refractivity contribution in [1.82, 2.24) is 15.1 Å². The first-order valence-electron chi connectivity index (χ1n) is 6.22. The van der Waals surface area contributed by atoms with E-state index in [1.807, 2.05) is 0 Å². The molecule has 1 atom stereocenters. The molecular formula is C13H13N3O4. The Kier molecular flexibility index (Phi) is 2.81. The highest BCUT2D eigenvalue weighted by Gasteiger charge is 2.30. The van der Waals surface area contributed by atoms with Crippen LogP contribution in [0.4, 0.5) is 0 Å². The van der Waals surface area contributed by atoms with E-state index in [-0.39, 0.29) is 17.9 Å². The molecule has 1 unspecified atom stereocenters. The van der Waals surface area contributed by atoms with E-state index in [9.17, 15) is 14.4 Å². The number of methoxy groups -OCH3 is 1. The predicted octanol–water partition coefficient (Wildman–Crippen LogP) is 0.316. The third-order valence-corrected chi connectivity index (χ3v) is 3.44. The molecular weight excluding hydrogens is 262 g/mol. The van der Waals surface area contributed by atoms with Crippen LogP contribution >= 0.6 is 0 Å². The zero-order valence-corrected chi connectivity index (χ0v) is 10.8. The van der Waals surface area contributed by atoms with Crippen molar-refractivity contribution in [1.29, 1.82) is 0 Å². The molecule has 0 spiro atoms. The molecule has 2 aromatic rings. The van der Waals surface area contributed by atoms with Crippen LogP contribution in [0.25, 0.3) is 10.9 Å². The Balaban J connectivity index is 2.08. The third-order valence-electron chi connectivity index (χ3n) is 3.44. The summed E-state index contributed by atoms with van der Waals surface area (Å²) in [5.74, 6) is -0.192. The maximum atomic E-state index is 12.3. The number of imide groups is 1.